The van der Waals surface area contributed by atoms with E-state index in [4.69, 9.17) is 5.11 Å². The zero-order valence-electron chi connectivity index (χ0n) is 11.0. The van der Waals surface area contributed by atoms with Crippen molar-refractivity contribution in [1.82, 2.24) is 5.32 Å². The highest BCUT2D eigenvalue weighted by molar-refractivity contribution is 7.10. The van der Waals surface area contributed by atoms with Gasteiger partial charge >= 0.3 is 5.97 Å². The number of unbranched alkanes of at least 4 members (excludes halogenated alkanes) is 1. The van der Waals surface area contributed by atoms with Crippen molar-refractivity contribution in [2.75, 3.05) is 6.54 Å². The molecule has 0 spiro atoms. The van der Waals surface area contributed by atoms with E-state index < -0.39 is 5.97 Å². The number of rotatable bonds is 7. The van der Waals surface area contributed by atoms with Crippen LogP contribution in [0.1, 0.15) is 42.0 Å². The van der Waals surface area contributed by atoms with Crippen molar-refractivity contribution < 1.29 is 14.7 Å². The molecule has 0 bridgehead atoms. The number of aliphatic carboxylic acids is 1. The molecule has 0 radical (unpaired) electrons. The molecule has 19 heavy (non-hydrogen) atoms. The molecule has 1 saturated carbocycles. The van der Waals surface area contributed by atoms with Gasteiger partial charge in [0.1, 0.15) is 0 Å². The molecule has 2 rings (SSSR count). The monoisotopic (exact) mass is 281 g/mol. The first-order valence-electron chi connectivity index (χ1n) is 6.63. The molecular weight excluding hydrogens is 262 g/mol. The zero-order valence-corrected chi connectivity index (χ0v) is 11.8. The van der Waals surface area contributed by atoms with Crippen molar-refractivity contribution in [2.24, 2.45) is 5.92 Å². The van der Waals surface area contributed by atoms with E-state index in [1.807, 2.05) is 0 Å². The van der Waals surface area contributed by atoms with Crippen LogP contribution in [0.5, 0.6) is 0 Å². The van der Waals surface area contributed by atoms with Gasteiger partial charge in [-0.05, 0) is 43.2 Å². The third kappa shape index (κ3) is 3.80. The Morgan fingerprint density at radius 1 is 1.47 bits per heavy atom. The number of carbonyl (C=O) groups is 2. The SMILES string of the molecule is Cc1ccsc1C1CC1C(=O)NCCCCC(=O)O. The first-order chi connectivity index (χ1) is 9.09. The van der Waals surface area contributed by atoms with E-state index in [9.17, 15) is 9.59 Å². The minimum atomic E-state index is -0.776. The molecule has 0 aromatic carbocycles. The number of hydrogen-bond acceptors (Lipinski definition) is 3. The van der Waals surface area contributed by atoms with Gasteiger partial charge in [0.05, 0.1) is 0 Å². The lowest BCUT2D eigenvalue weighted by Gasteiger charge is -2.04. The second-order valence-electron chi connectivity index (χ2n) is 5.06. The molecule has 0 saturated heterocycles. The van der Waals surface area contributed by atoms with E-state index in [2.05, 4.69) is 23.7 Å². The Hall–Kier alpha value is -1.36. The molecule has 1 heterocycles. The average molecular weight is 281 g/mol. The maximum Gasteiger partial charge on any atom is 0.303 e. The third-order valence-corrected chi connectivity index (χ3v) is 4.63. The molecule has 4 nitrogen and oxygen atoms in total. The normalized spacial score (nSPS) is 21.1. The molecule has 0 aliphatic heterocycles. The van der Waals surface area contributed by atoms with Crippen molar-refractivity contribution in [2.45, 2.75) is 38.5 Å². The van der Waals surface area contributed by atoms with Gasteiger partial charge in [-0.1, -0.05) is 0 Å². The summed E-state index contributed by atoms with van der Waals surface area (Å²) >= 11 is 1.73. The molecule has 5 heteroatoms. The maximum absolute atomic E-state index is 11.9. The average Bonchev–Trinajstić information content (AvgIpc) is 3.04. The summed E-state index contributed by atoms with van der Waals surface area (Å²) in [4.78, 5) is 23.6. The predicted octanol–water partition coefficient (Wildman–Crippen LogP) is 2.53. The van der Waals surface area contributed by atoms with Crippen LogP contribution in [0.25, 0.3) is 0 Å². The third-order valence-electron chi connectivity index (χ3n) is 3.48. The Morgan fingerprint density at radius 3 is 2.89 bits per heavy atom. The molecule has 2 unspecified atom stereocenters. The smallest absolute Gasteiger partial charge is 0.303 e. The molecule has 2 N–H and O–H groups in total. The van der Waals surface area contributed by atoms with Crippen LogP contribution in [0.15, 0.2) is 11.4 Å². The standard InChI is InChI=1S/C14H19NO3S/c1-9-5-7-19-13(9)10-8-11(10)14(18)15-6-3-2-4-12(16)17/h5,7,10-11H,2-4,6,8H2,1H3,(H,15,18)(H,16,17). The molecule has 1 aromatic heterocycles. The minimum Gasteiger partial charge on any atom is -0.481 e. The van der Waals surface area contributed by atoms with Crippen LogP contribution in [-0.2, 0) is 9.59 Å². The van der Waals surface area contributed by atoms with E-state index in [0.29, 0.717) is 18.9 Å². The Balaban J connectivity index is 1.66. The van der Waals surface area contributed by atoms with E-state index in [0.717, 1.165) is 12.8 Å². The van der Waals surface area contributed by atoms with Crippen LogP contribution < -0.4 is 5.32 Å². The van der Waals surface area contributed by atoms with Crippen LogP contribution in [0, 0.1) is 12.8 Å². The first-order valence-corrected chi connectivity index (χ1v) is 7.51. The van der Waals surface area contributed by atoms with E-state index in [1.54, 1.807) is 11.3 Å². The Bertz CT molecular complexity index is 469. The van der Waals surface area contributed by atoms with Gasteiger partial charge in [-0.3, -0.25) is 9.59 Å². The van der Waals surface area contributed by atoms with Gasteiger partial charge in [0.2, 0.25) is 5.91 Å². The van der Waals surface area contributed by atoms with Gasteiger partial charge in [-0.2, -0.15) is 0 Å². The van der Waals surface area contributed by atoms with Crippen molar-refractivity contribution >= 4 is 23.2 Å². The van der Waals surface area contributed by atoms with Crippen LogP contribution in [-0.4, -0.2) is 23.5 Å². The first kappa shape index (κ1) is 14.1. The van der Waals surface area contributed by atoms with Gasteiger partial charge in [-0.25, -0.2) is 0 Å². The van der Waals surface area contributed by atoms with Crippen molar-refractivity contribution in [3.63, 3.8) is 0 Å². The lowest BCUT2D eigenvalue weighted by Crippen LogP contribution is -2.26. The van der Waals surface area contributed by atoms with E-state index >= 15 is 0 Å². The van der Waals surface area contributed by atoms with E-state index in [1.165, 1.54) is 10.4 Å². The molecule has 1 fully saturated rings. The minimum absolute atomic E-state index is 0.119. The topological polar surface area (TPSA) is 66.4 Å². The van der Waals surface area contributed by atoms with Crippen LogP contribution in [0.3, 0.4) is 0 Å². The zero-order chi connectivity index (χ0) is 13.8. The molecule has 104 valence electrons. The van der Waals surface area contributed by atoms with Gasteiger partial charge < -0.3 is 10.4 Å². The van der Waals surface area contributed by atoms with Gasteiger partial charge in [0.15, 0.2) is 0 Å². The fraction of sp³-hybridized carbons (Fsp3) is 0.571. The fourth-order valence-corrected chi connectivity index (χ4v) is 3.39. The van der Waals surface area contributed by atoms with Crippen LogP contribution >= 0.6 is 11.3 Å². The number of carboxylic acid groups (broad SMARTS) is 1. The predicted molar refractivity (Wildman–Crippen MR) is 74.4 cm³/mol. The largest absolute Gasteiger partial charge is 0.481 e. The summed E-state index contributed by atoms with van der Waals surface area (Å²) in [6.07, 6.45) is 2.47. The Labute approximate surface area is 116 Å². The molecule has 1 aliphatic carbocycles. The van der Waals surface area contributed by atoms with Gasteiger partial charge in [0, 0.05) is 29.7 Å². The van der Waals surface area contributed by atoms with Gasteiger partial charge in [-0.15, -0.1) is 11.3 Å². The number of carboxylic acids is 1. The van der Waals surface area contributed by atoms with Crippen molar-refractivity contribution in [3.8, 4) is 0 Å². The molecule has 1 aromatic rings. The maximum atomic E-state index is 11.9. The van der Waals surface area contributed by atoms with Crippen molar-refractivity contribution in [3.05, 3.63) is 21.9 Å². The van der Waals surface area contributed by atoms with Gasteiger partial charge in [0.25, 0.3) is 0 Å². The number of nitrogens with one attached hydrogen (secondary N) is 1. The highest BCUT2D eigenvalue weighted by Gasteiger charge is 2.44. The number of thiophene rings is 1. The quantitative estimate of drug-likeness (QED) is 0.755. The second kappa shape index (κ2) is 6.19. The second-order valence-corrected chi connectivity index (χ2v) is 6.01. The molecule has 2 atom stereocenters. The summed E-state index contributed by atoms with van der Waals surface area (Å²) in [6.45, 7) is 2.67. The highest BCUT2D eigenvalue weighted by Crippen LogP contribution is 2.50. The molecular formula is C14H19NO3S. The lowest BCUT2D eigenvalue weighted by molar-refractivity contribution is -0.137. The molecule has 1 aliphatic rings. The summed E-state index contributed by atoms with van der Waals surface area (Å²) in [5, 5.41) is 13.5. The van der Waals surface area contributed by atoms with Crippen LogP contribution in [0.2, 0.25) is 0 Å². The number of aryl methyl sites for hydroxylation is 1. The summed E-state index contributed by atoms with van der Waals surface area (Å²) in [6, 6.07) is 2.10. The summed E-state index contributed by atoms with van der Waals surface area (Å²) < 4.78 is 0. The Morgan fingerprint density at radius 2 is 2.26 bits per heavy atom. The molecule has 1 amide bonds. The number of hydrogen-bond donors (Lipinski definition) is 2. The highest BCUT2D eigenvalue weighted by atomic mass is 32.1. The summed E-state index contributed by atoms with van der Waals surface area (Å²) in [5.41, 5.74) is 1.28. The summed E-state index contributed by atoms with van der Waals surface area (Å²) in [7, 11) is 0. The fourth-order valence-electron chi connectivity index (χ4n) is 2.28. The number of amides is 1. The van der Waals surface area contributed by atoms with E-state index in [-0.39, 0.29) is 18.2 Å². The summed E-state index contributed by atoms with van der Waals surface area (Å²) in [5.74, 6) is -0.134. The van der Waals surface area contributed by atoms with Crippen LogP contribution in [0.4, 0.5) is 0 Å². The Kier molecular flexibility index (Phi) is 4.58. The lowest BCUT2D eigenvalue weighted by atomic mass is 10.2. The number of carbonyl (C=O) groups excluding carboxylic acids is 1. The van der Waals surface area contributed by atoms with Crippen molar-refractivity contribution in [1.29, 1.82) is 0 Å².